The Kier molecular flexibility index (Phi) is 7.93. The number of sulfonamides is 1. The SMILES string of the molecule is O=C(NCCSCc1cccc(Cl)c1)[C@H]1CN(S(=O)(=O)c2ccc(Cl)cc2)c2ccccc2O1. The molecule has 1 aliphatic heterocycles. The van der Waals surface area contributed by atoms with E-state index in [1.54, 1.807) is 36.0 Å². The van der Waals surface area contributed by atoms with E-state index in [1.165, 1.54) is 28.6 Å². The van der Waals surface area contributed by atoms with Gasteiger partial charge in [-0.3, -0.25) is 9.10 Å². The molecule has 10 heteroatoms. The number of para-hydroxylation sites is 2. The van der Waals surface area contributed by atoms with E-state index in [1.807, 2.05) is 24.3 Å². The lowest BCUT2D eigenvalue weighted by atomic mass is 10.2. The summed E-state index contributed by atoms with van der Waals surface area (Å²) in [4.78, 5) is 12.9. The van der Waals surface area contributed by atoms with Crippen molar-refractivity contribution in [2.45, 2.75) is 16.8 Å². The molecule has 1 N–H and O–H groups in total. The first-order chi connectivity index (χ1) is 16.3. The van der Waals surface area contributed by atoms with Crippen LogP contribution in [0.1, 0.15) is 5.56 Å². The molecule has 0 spiro atoms. The molecule has 4 rings (SSSR count). The molecule has 0 aliphatic carbocycles. The molecule has 0 radical (unpaired) electrons. The van der Waals surface area contributed by atoms with Gasteiger partial charge in [0.1, 0.15) is 5.75 Å². The predicted octanol–water partition coefficient (Wildman–Crippen LogP) is 5.00. The van der Waals surface area contributed by atoms with Crippen LogP contribution in [0.2, 0.25) is 10.0 Å². The van der Waals surface area contributed by atoms with E-state index in [-0.39, 0.29) is 17.3 Å². The third kappa shape index (κ3) is 5.81. The van der Waals surface area contributed by atoms with Crippen molar-refractivity contribution in [3.05, 3.63) is 88.4 Å². The van der Waals surface area contributed by atoms with Gasteiger partial charge in [-0.05, 0) is 54.1 Å². The van der Waals surface area contributed by atoms with Crippen molar-refractivity contribution in [2.24, 2.45) is 0 Å². The number of carbonyl (C=O) groups excluding carboxylic acids is 1. The topological polar surface area (TPSA) is 75.7 Å². The lowest BCUT2D eigenvalue weighted by Gasteiger charge is -2.34. The number of nitrogens with one attached hydrogen (secondary N) is 1. The summed E-state index contributed by atoms with van der Waals surface area (Å²) in [5.74, 6) is 1.43. The van der Waals surface area contributed by atoms with Gasteiger partial charge in [-0.25, -0.2) is 8.42 Å². The zero-order valence-corrected chi connectivity index (χ0v) is 21.1. The van der Waals surface area contributed by atoms with E-state index in [0.29, 0.717) is 33.8 Å². The molecule has 0 unspecified atom stereocenters. The molecular weight excluding hydrogens is 515 g/mol. The zero-order chi connectivity index (χ0) is 24.1. The highest BCUT2D eigenvalue weighted by molar-refractivity contribution is 7.98. The third-order valence-electron chi connectivity index (χ3n) is 5.13. The highest BCUT2D eigenvalue weighted by Crippen LogP contribution is 2.37. The number of carbonyl (C=O) groups is 1. The van der Waals surface area contributed by atoms with Crippen LogP contribution in [0, 0.1) is 0 Å². The van der Waals surface area contributed by atoms with Crippen molar-refractivity contribution in [1.29, 1.82) is 0 Å². The van der Waals surface area contributed by atoms with E-state index in [9.17, 15) is 13.2 Å². The average molecular weight is 537 g/mol. The summed E-state index contributed by atoms with van der Waals surface area (Å²) in [5, 5.41) is 3.98. The minimum absolute atomic E-state index is 0.0881. The van der Waals surface area contributed by atoms with E-state index >= 15 is 0 Å². The largest absolute Gasteiger partial charge is 0.476 e. The second-order valence-corrected chi connectivity index (χ2v) is 11.4. The number of ether oxygens (including phenoxy) is 1. The Hall–Kier alpha value is -2.39. The van der Waals surface area contributed by atoms with E-state index in [4.69, 9.17) is 27.9 Å². The highest BCUT2D eigenvalue weighted by Gasteiger charge is 2.37. The Morgan fingerprint density at radius 2 is 1.79 bits per heavy atom. The Morgan fingerprint density at radius 3 is 2.56 bits per heavy atom. The Bertz CT molecular complexity index is 1270. The molecule has 1 atom stereocenters. The standard InChI is InChI=1S/C24H22Cl2N2O4S2/c25-18-8-10-20(11-9-18)34(30,31)28-15-23(32-22-7-2-1-6-21(22)28)24(29)27-12-13-33-16-17-4-3-5-19(26)14-17/h1-11,14,23H,12-13,15-16H2,(H,27,29)/t23-/m1/s1. The number of halogens is 2. The van der Waals surface area contributed by atoms with Crippen LogP contribution >= 0.6 is 35.0 Å². The van der Waals surface area contributed by atoms with E-state index in [0.717, 1.165) is 11.3 Å². The van der Waals surface area contributed by atoms with Crippen molar-refractivity contribution in [3.63, 3.8) is 0 Å². The molecule has 3 aromatic rings. The van der Waals surface area contributed by atoms with Gasteiger partial charge in [-0.15, -0.1) is 0 Å². The van der Waals surface area contributed by atoms with E-state index in [2.05, 4.69) is 5.32 Å². The Morgan fingerprint density at radius 1 is 1.03 bits per heavy atom. The molecule has 178 valence electrons. The van der Waals surface area contributed by atoms with Crippen LogP contribution < -0.4 is 14.4 Å². The number of hydrogen-bond acceptors (Lipinski definition) is 5. The van der Waals surface area contributed by atoms with Crippen molar-refractivity contribution < 1.29 is 17.9 Å². The van der Waals surface area contributed by atoms with Crippen molar-refractivity contribution in [1.82, 2.24) is 5.32 Å². The first-order valence-electron chi connectivity index (χ1n) is 10.5. The van der Waals surface area contributed by atoms with Gasteiger partial charge >= 0.3 is 0 Å². The molecule has 1 amide bonds. The minimum atomic E-state index is -3.92. The Labute approximate surface area is 213 Å². The molecule has 34 heavy (non-hydrogen) atoms. The van der Waals surface area contributed by atoms with Gasteiger partial charge in [-0.1, -0.05) is 47.5 Å². The number of thioether (sulfide) groups is 1. The van der Waals surface area contributed by atoms with Gasteiger partial charge in [0, 0.05) is 28.1 Å². The molecular formula is C24H22Cl2N2O4S2. The molecule has 0 saturated heterocycles. The fourth-order valence-corrected chi connectivity index (χ4v) is 6.10. The lowest BCUT2D eigenvalue weighted by Crippen LogP contribution is -2.51. The molecule has 6 nitrogen and oxygen atoms in total. The van der Waals surface area contributed by atoms with Crippen LogP contribution in [0.5, 0.6) is 5.75 Å². The first-order valence-corrected chi connectivity index (χ1v) is 13.8. The molecule has 0 fully saturated rings. The predicted molar refractivity (Wildman–Crippen MR) is 137 cm³/mol. The van der Waals surface area contributed by atoms with Gasteiger partial charge in [0.15, 0.2) is 6.10 Å². The summed E-state index contributed by atoms with van der Waals surface area (Å²) in [6, 6.07) is 20.3. The highest BCUT2D eigenvalue weighted by atomic mass is 35.5. The summed E-state index contributed by atoms with van der Waals surface area (Å²) in [6.07, 6.45) is -0.977. The molecule has 0 bridgehead atoms. The average Bonchev–Trinajstić information content (AvgIpc) is 2.83. The Balaban J connectivity index is 1.41. The second kappa shape index (κ2) is 10.9. The van der Waals surface area contributed by atoms with Crippen LogP contribution in [0.15, 0.2) is 77.7 Å². The van der Waals surface area contributed by atoms with Gasteiger partial charge in [0.25, 0.3) is 15.9 Å². The second-order valence-electron chi connectivity index (χ2n) is 7.54. The van der Waals surface area contributed by atoms with Crippen molar-refractivity contribution in [2.75, 3.05) is 23.1 Å². The number of benzene rings is 3. The summed E-state index contributed by atoms with van der Waals surface area (Å²) in [6.45, 7) is 0.291. The van der Waals surface area contributed by atoms with Crippen LogP contribution in [-0.4, -0.2) is 39.3 Å². The fraction of sp³-hybridized carbons (Fsp3) is 0.208. The number of hydrogen-bond donors (Lipinski definition) is 1. The van der Waals surface area contributed by atoms with Crippen molar-refractivity contribution in [3.8, 4) is 5.75 Å². The maximum absolute atomic E-state index is 13.4. The number of rotatable bonds is 8. The maximum Gasteiger partial charge on any atom is 0.264 e. The smallest absolute Gasteiger partial charge is 0.264 e. The normalized spacial score (nSPS) is 15.4. The molecule has 1 aliphatic rings. The number of anilines is 1. The monoisotopic (exact) mass is 536 g/mol. The zero-order valence-electron chi connectivity index (χ0n) is 18.0. The van der Waals surface area contributed by atoms with Crippen LogP contribution in [0.25, 0.3) is 0 Å². The van der Waals surface area contributed by atoms with Crippen LogP contribution in [0.3, 0.4) is 0 Å². The summed E-state index contributed by atoms with van der Waals surface area (Å²) in [5.41, 5.74) is 1.50. The molecule has 3 aromatic carbocycles. The number of fused-ring (bicyclic) bond motifs is 1. The maximum atomic E-state index is 13.4. The number of nitrogens with zero attached hydrogens (tertiary/aromatic N) is 1. The minimum Gasteiger partial charge on any atom is -0.476 e. The van der Waals surface area contributed by atoms with E-state index < -0.39 is 16.1 Å². The number of amides is 1. The van der Waals surface area contributed by atoms with Crippen molar-refractivity contribution >= 4 is 56.6 Å². The summed E-state index contributed by atoms with van der Waals surface area (Å²) in [7, 11) is -3.92. The van der Waals surface area contributed by atoms with Gasteiger partial charge < -0.3 is 10.1 Å². The van der Waals surface area contributed by atoms with Gasteiger partial charge in [-0.2, -0.15) is 11.8 Å². The third-order valence-corrected chi connectivity index (χ3v) is 8.44. The lowest BCUT2D eigenvalue weighted by molar-refractivity contribution is -0.127. The first kappa shape index (κ1) is 24.7. The van der Waals surface area contributed by atoms with Crippen LogP contribution in [-0.2, 0) is 20.6 Å². The quantitative estimate of drug-likeness (QED) is 0.410. The molecule has 0 saturated carbocycles. The fourth-order valence-electron chi connectivity index (χ4n) is 3.48. The molecule has 0 aromatic heterocycles. The van der Waals surface area contributed by atoms with Gasteiger partial charge in [0.2, 0.25) is 0 Å². The van der Waals surface area contributed by atoms with Crippen LogP contribution in [0.4, 0.5) is 5.69 Å². The molecule has 1 heterocycles. The summed E-state index contributed by atoms with van der Waals surface area (Å²) < 4.78 is 33.8. The summed E-state index contributed by atoms with van der Waals surface area (Å²) >= 11 is 13.6. The van der Waals surface area contributed by atoms with Gasteiger partial charge in [0.05, 0.1) is 17.1 Å².